The number of carbonyl (C=O) groups excluding carboxylic acids is 2. The van der Waals surface area contributed by atoms with Crippen LogP contribution >= 0.6 is 15.9 Å². The summed E-state index contributed by atoms with van der Waals surface area (Å²) in [5, 5.41) is 0. The fourth-order valence-corrected chi connectivity index (χ4v) is 2.62. The summed E-state index contributed by atoms with van der Waals surface area (Å²) >= 11 is 3.28. The molecule has 0 aliphatic carbocycles. The maximum absolute atomic E-state index is 11.9. The van der Waals surface area contributed by atoms with Gasteiger partial charge in [0, 0.05) is 6.20 Å². The number of halogens is 1. The van der Waals surface area contributed by atoms with Crippen molar-refractivity contribution in [1.82, 2.24) is 4.57 Å². The molecule has 5 nitrogen and oxygen atoms in total. The van der Waals surface area contributed by atoms with E-state index in [4.69, 9.17) is 9.47 Å². The van der Waals surface area contributed by atoms with Crippen molar-refractivity contribution in [2.45, 2.75) is 20.3 Å². The van der Waals surface area contributed by atoms with Crippen LogP contribution < -0.4 is 0 Å². The topological polar surface area (TPSA) is 57.5 Å². The number of rotatable bonds is 7. The molecule has 0 bridgehead atoms. The average molecular weight is 366 g/mol. The number of aromatic nitrogens is 1. The first-order valence-electron chi connectivity index (χ1n) is 6.80. The van der Waals surface area contributed by atoms with Crippen LogP contribution in [0.1, 0.15) is 33.3 Å². The summed E-state index contributed by atoms with van der Waals surface area (Å²) in [7, 11) is 0. The number of hydrogen-bond donors (Lipinski definition) is 0. The van der Waals surface area contributed by atoms with Gasteiger partial charge in [-0.05, 0) is 28.4 Å². The highest BCUT2D eigenvalue weighted by atomic mass is 79.9. The molecular formula is C16H16BrNO4. The molecule has 0 spiro atoms. The molecule has 0 saturated carbocycles. The number of esters is 1. The van der Waals surface area contributed by atoms with Crippen LogP contribution in [-0.2, 0) is 22.8 Å². The van der Waals surface area contributed by atoms with Gasteiger partial charge in [-0.3, -0.25) is 4.79 Å². The van der Waals surface area contributed by atoms with Crippen LogP contribution in [0, 0.1) is 0 Å². The van der Waals surface area contributed by atoms with Crippen molar-refractivity contribution in [3.63, 3.8) is 0 Å². The van der Waals surface area contributed by atoms with E-state index in [1.165, 1.54) is 0 Å². The maximum Gasteiger partial charge on any atom is 0.341 e. The molecule has 1 aromatic carbocycles. The van der Waals surface area contributed by atoms with E-state index in [0.717, 1.165) is 5.56 Å². The van der Waals surface area contributed by atoms with E-state index in [1.54, 1.807) is 17.7 Å². The lowest BCUT2D eigenvalue weighted by Crippen LogP contribution is -2.11. The van der Waals surface area contributed by atoms with Gasteiger partial charge in [0.15, 0.2) is 6.29 Å². The Morgan fingerprint density at radius 1 is 1.32 bits per heavy atom. The van der Waals surface area contributed by atoms with Gasteiger partial charge in [0.2, 0.25) is 0 Å². The minimum absolute atomic E-state index is 0.168. The van der Waals surface area contributed by atoms with Gasteiger partial charge < -0.3 is 14.0 Å². The zero-order valence-corrected chi connectivity index (χ0v) is 13.7. The average Bonchev–Trinajstić information content (AvgIpc) is 2.84. The van der Waals surface area contributed by atoms with Crippen LogP contribution in [-0.4, -0.2) is 23.4 Å². The van der Waals surface area contributed by atoms with Crippen molar-refractivity contribution < 1.29 is 19.1 Å². The summed E-state index contributed by atoms with van der Waals surface area (Å²) < 4.78 is 12.6. The van der Waals surface area contributed by atoms with Gasteiger partial charge in [-0.2, -0.15) is 0 Å². The molecule has 0 unspecified atom stereocenters. The molecule has 0 saturated heterocycles. The predicted molar refractivity (Wildman–Crippen MR) is 84.7 cm³/mol. The monoisotopic (exact) mass is 365 g/mol. The molecule has 0 amide bonds. The van der Waals surface area contributed by atoms with Crippen molar-refractivity contribution in [1.29, 1.82) is 0 Å². The second-order valence-corrected chi connectivity index (χ2v) is 5.36. The van der Waals surface area contributed by atoms with E-state index >= 15 is 0 Å². The van der Waals surface area contributed by atoms with Gasteiger partial charge in [0.05, 0.1) is 23.4 Å². The Labute approximate surface area is 137 Å². The molecule has 6 heteroatoms. The molecule has 2 rings (SSSR count). The second-order valence-electron chi connectivity index (χ2n) is 4.51. The Bertz CT molecular complexity index is 652. The SMILES string of the molecule is CCOC(=O)c1c(Br)cn(COCc2ccccc2)c1C=O. The first-order valence-corrected chi connectivity index (χ1v) is 7.59. The molecule has 0 radical (unpaired) electrons. The van der Waals surface area contributed by atoms with Crippen LogP contribution in [0.15, 0.2) is 41.0 Å². The Balaban J connectivity index is 2.09. The Hall–Kier alpha value is -1.92. The number of ether oxygens (including phenoxy) is 2. The molecule has 2 aromatic rings. The number of hydrogen-bond acceptors (Lipinski definition) is 4. The molecular weight excluding hydrogens is 350 g/mol. The summed E-state index contributed by atoms with van der Waals surface area (Å²) in [6, 6.07) is 9.70. The third kappa shape index (κ3) is 3.84. The van der Waals surface area contributed by atoms with Gasteiger partial charge >= 0.3 is 5.97 Å². The molecule has 22 heavy (non-hydrogen) atoms. The summed E-state index contributed by atoms with van der Waals surface area (Å²) in [6.07, 6.45) is 2.27. The number of nitrogens with zero attached hydrogens (tertiary/aromatic N) is 1. The van der Waals surface area contributed by atoms with Crippen molar-refractivity contribution in [2.75, 3.05) is 6.61 Å². The van der Waals surface area contributed by atoms with E-state index in [-0.39, 0.29) is 24.6 Å². The van der Waals surface area contributed by atoms with Gasteiger partial charge in [-0.1, -0.05) is 30.3 Å². The molecule has 0 aliphatic rings. The van der Waals surface area contributed by atoms with Crippen LogP contribution in [0.25, 0.3) is 0 Å². The van der Waals surface area contributed by atoms with Crippen LogP contribution in [0.4, 0.5) is 0 Å². The smallest absolute Gasteiger partial charge is 0.341 e. The third-order valence-corrected chi connectivity index (χ3v) is 3.61. The van der Waals surface area contributed by atoms with Crippen LogP contribution in [0.3, 0.4) is 0 Å². The van der Waals surface area contributed by atoms with Crippen molar-refractivity contribution in [3.05, 3.63) is 57.8 Å². The fraction of sp³-hybridized carbons (Fsp3) is 0.250. The van der Waals surface area contributed by atoms with E-state index < -0.39 is 5.97 Å². The third-order valence-electron chi connectivity index (χ3n) is 3.01. The van der Waals surface area contributed by atoms with E-state index in [0.29, 0.717) is 17.4 Å². The van der Waals surface area contributed by atoms with Gasteiger partial charge in [-0.15, -0.1) is 0 Å². The first-order chi connectivity index (χ1) is 10.7. The quantitative estimate of drug-likeness (QED) is 0.557. The predicted octanol–water partition coefficient (Wildman–Crippen LogP) is 3.41. The van der Waals surface area contributed by atoms with E-state index in [1.807, 2.05) is 30.3 Å². The first kappa shape index (κ1) is 16.5. The largest absolute Gasteiger partial charge is 0.462 e. The van der Waals surface area contributed by atoms with E-state index in [2.05, 4.69) is 15.9 Å². The van der Waals surface area contributed by atoms with Crippen molar-refractivity contribution >= 4 is 28.2 Å². The summed E-state index contributed by atoms with van der Waals surface area (Å²) in [4.78, 5) is 23.2. The van der Waals surface area contributed by atoms with Gasteiger partial charge in [0.25, 0.3) is 0 Å². The highest BCUT2D eigenvalue weighted by molar-refractivity contribution is 9.10. The zero-order valence-electron chi connectivity index (χ0n) is 12.1. The Kier molecular flexibility index (Phi) is 5.91. The molecule has 0 N–H and O–H groups in total. The fourth-order valence-electron chi connectivity index (χ4n) is 2.01. The molecule has 1 heterocycles. The minimum atomic E-state index is -0.529. The summed E-state index contributed by atoms with van der Waals surface area (Å²) in [5.74, 6) is -0.529. The van der Waals surface area contributed by atoms with Crippen molar-refractivity contribution in [2.24, 2.45) is 0 Å². The summed E-state index contributed by atoms with van der Waals surface area (Å²) in [5.41, 5.74) is 1.49. The lowest BCUT2D eigenvalue weighted by Gasteiger charge is -2.08. The zero-order chi connectivity index (χ0) is 15.9. The van der Waals surface area contributed by atoms with Gasteiger partial charge in [0.1, 0.15) is 12.3 Å². The maximum atomic E-state index is 11.9. The van der Waals surface area contributed by atoms with Crippen LogP contribution in [0.5, 0.6) is 0 Å². The highest BCUT2D eigenvalue weighted by Gasteiger charge is 2.21. The number of aldehydes is 1. The number of benzene rings is 1. The summed E-state index contributed by atoms with van der Waals surface area (Å²) in [6.45, 7) is 2.55. The molecule has 1 aromatic heterocycles. The standard InChI is InChI=1S/C16H16BrNO4/c1-2-22-16(20)15-13(17)8-18(14(15)9-19)11-21-10-12-6-4-3-5-7-12/h3-9H,2,10-11H2,1H3. The van der Waals surface area contributed by atoms with Crippen molar-refractivity contribution in [3.8, 4) is 0 Å². The number of carbonyl (C=O) groups is 2. The normalized spacial score (nSPS) is 10.5. The lowest BCUT2D eigenvalue weighted by atomic mass is 10.2. The Morgan fingerprint density at radius 3 is 2.68 bits per heavy atom. The lowest BCUT2D eigenvalue weighted by molar-refractivity contribution is 0.0516. The second kappa shape index (κ2) is 7.91. The van der Waals surface area contributed by atoms with Gasteiger partial charge in [-0.25, -0.2) is 4.79 Å². The minimum Gasteiger partial charge on any atom is -0.462 e. The Morgan fingerprint density at radius 2 is 2.05 bits per heavy atom. The van der Waals surface area contributed by atoms with Crippen LogP contribution in [0.2, 0.25) is 0 Å². The molecule has 0 aliphatic heterocycles. The van der Waals surface area contributed by atoms with E-state index in [9.17, 15) is 9.59 Å². The highest BCUT2D eigenvalue weighted by Crippen LogP contribution is 2.23. The molecule has 0 atom stereocenters. The molecule has 116 valence electrons. The molecule has 0 fully saturated rings.